The predicted octanol–water partition coefficient (Wildman–Crippen LogP) is 3.37. The Morgan fingerprint density at radius 2 is 2.10 bits per heavy atom. The van der Waals surface area contributed by atoms with E-state index in [2.05, 4.69) is 9.97 Å². The van der Waals surface area contributed by atoms with Crippen LogP contribution in [0.15, 0.2) is 41.2 Å². The summed E-state index contributed by atoms with van der Waals surface area (Å²) in [4.78, 5) is 45.3. The minimum absolute atomic E-state index is 0.0225. The first kappa shape index (κ1) is 19.1. The van der Waals surface area contributed by atoms with Crippen LogP contribution in [0.3, 0.4) is 0 Å². The minimum atomic E-state index is -0.595. The maximum Gasteiger partial charge on any atom is 0.338 e. The van der Waals surface area contributed by atoms with Crippen molar-refractivity contribution in [1.82, 2.24) is 9.97 Å². The molecule has 0 radical (unpaired) electrons. The van der Waals surface area contributed by atoms with Crippen molar-refractivity contribution < 1.29 is 14.3 Å². The summed E-state index contributed by atoms with van der Waals surface area (Å²) in [6.07, 6.45) is 1.22. The van der Waals surface area contributed by atoms with Crippen LogP contribution in [0.5, 0.6) is 0 Å². The Kier molecular flexibility index (Phi) is 5.07. The van der Waals surface area contributed by atoms with Crippen molar-refractivity contribution in [3.8, 4) is 0 Å². The smallest absolute Gasteiger partial charge is 0.338 e. The predicted molar refractivity (Wildman–Crippen MR) is 109 cm³/mol. The van der Waals surface area contributed by atoms with E-state index in [-0.39, 0.29) is 29.5 Å². The third-order valence-corrected chi connectivity index (χ3v) is 5.19. The molecule has 1 aliphatic rings. The number of amides is 1. The molecule has 1 aromatic heterocycles. The molecular weight excluding hydrogens is 394 g/mol. The third-order valence-electron chi connectivity index (χ3n) is 4.87. The number of halogens is 1. The first-order valence-electron chi connectivity index (χ1n) is 9.19. The van der Waals surface area contributed by atoms with E-state index in [0.717, 1.165) is 12.0 Å². The van der Waals surface area contributed by atoms with Gasteiger partial charge >= 0.3 is 5.97 Å². The van der Waals surface area contributed by atoms with Crippen LogP contribution in [0.1, 0.15) is 34.6 Å². The lowest BCUT2D eigenvalue weighted by Crippen LogP contribution is -2.24. The van der Waals surface area contributed by atoms with Gasteiger partial charge in [0.1, 0.15) is 12.4 Å². The van der Waals surface area contributed by atoms with Gasteiger partial charge in [-0.05, 0) is 43.2 Å². The Balaban J connectivity index is 1.55. The SMILES string of the molecule is Cc1cccc2c(=O)[nH]c(COC(=O)c3ccc(Cl)c(N4CCCC4=O)c3)nc12. The van der Waals surface area contributed by atoms with Gasteiger partial charge in [0.15, 0.2) is 0 Å². The normalized spacial score (nSPS) is 13.9. The Hall–Kier alpha value is -3.19. The number of ether oxygens (including phenoxy) is 1. The Morgan fingerprint density at radius 3 is 2.86 bits per heavy atom. The monoisotopic (exact) mass is 411 g/mol. The number of aryl methyl sites for hydroxylation is 1. The van der Waals surface area contributed by atoms with Crippen LogP contribution in [-0.4, -0.2) is 28.4 Å². The molecule has 1 aliphatic heterocycles. The molecule has 1 fully saturated rings. The fourth-order valence-corrected chi connectivity index (χ4v) is 3.61. The van der Waals surface area contributed by atoms with Crippen LogP contribution in [-0.2, 0) is 16.1 Å². The van der Waals surface area contributed by atoms with Gasteiger partial charge in [-0.25, -0.2) is 9.78 Å². The van der Waals surface area contributed by atoms with Crippen LogP contribution in [0, 0.1) is 6.92 Å². The highest BCUT2D eigenvalue weighted by atomic mass is 35.5. The van der Waals surface area contributed by atoms with Gasteiger partial charge in [0.25, 0.3) is 5.56 Å². The molecule has 1 amide bonds. The van der Waals surface area contributed by atoms with Gasteiger partial charge in [0.05, 0.1) is 27.2 Å². The van der Waals surface area contributed by atoms with Crippen molar-refractivity contribution in [2.24, 2.45) is 0 Å². The van der Waals surface area contributed by atoms with Crippen LogP contribution >= 0.6 is 11.6 Å². The van der Waals surface area contributed by atoms with Gasteiger partial charge in [-0.1, -0.05) is 23.7 Å². The molecule has 2 heterocycles. The quantitative estimate of drug-likeness (QED) is 0.664. The maximum atomic E-state index is 12.5. The number of para-hydroxylation sites is 1. The van der Waals surface area contributed by atoms with Crippen molar-refractivity contribution in [1.29, 1.82) is 0 Å². The number of carbonyl (C=O) groups is 2. The molecule has 0 atom stereocenters. The maximum absolute atomic E-state index is 12.5. The molecule has 2 aromatic carbocycles. The number of benzene rings is 2. The molecule has 0 spiro atoms. The molecule has 0 saturated carbocycles. The van der Waals surface area contributed by atoms with E-state index in [1.807, 2.05) is 13.0 Å². The summed E-state index contributed by atoms with van der Waals surface area (Å²) in [6, 6.07) is 10.00. The minimum Gasteiger partial charge on any atom is -0.454 e. The van der Waals surface area contributed by atoms with Gasteiger partial charge in [0, 0.05) is 13.0 Å². The molecule has 0 aliphatic carbocycles. The standard InChI is InChI=1S/C21H18ClN3O4/c1-12-4-2-5-14-19(12)23-17(24-20(14)27)11-29-21(28)13-7-8-15(22)16(10-13)25-9-3-6-18(25)26/h2,4-5,7-8,10H,3,6,9,11H2,1H3,(H,23,24,27). The van der Waals surface area contributed by atoms with Crippen molar-refractivity contribution in [3.63, 3.8) is 0 Å². The van der Waals surface area contributed by atoms with Gasteiger partial charge in [-0.2, -0.15) is 0 Å². The average molecular weight is 412 g/mol. The number of rotatable bonds is 4. The largest absolute Gasteiger partial charge is 0.454 e. The number of esters is 1. The number of nitrogens with one attached hydrogen (secondary N) is 1. The summed E-state index contributed by atoms with van der Waals surface area (Å²) in [5, 5.41) is 0.880. The molecule has 8 heteroatoms. The first-order valence-corrected chi connectivity index (χ1v) is 9.57. The fourth-order valence-electron chi connectivity index (χ4n) is 3.39. The highest BCUT2D eigenvalue weighted by Gasteiger charge is 2.24. The number of anilines is 1. The van der Waals surface area contributed by atoms with E-state index < -0.39 is 5.97 Å². The van der Waals surface area contributed by atoms with Gasteiger partial charge in [-0.15, -0.1) is 0 Å². The zero-order chi connectivity index (χ0) is 20.5. The average Bonchev–Trinajstić information content (AvgIpc) is 3.13. The van der Waals surface area contributed by atoms with Crippen LogP contribution in [0.4, 0.5) is 5.69 Å². The van der Waals surface area contributed by atoms with Crippen LogP contribution < -0.4 is 10.5 Å². The summed E-state index contributed by atoms with van der Waals surface area (Å²) in [6.45, 7) is 2.25. The summed E-state index contributed by atoms with van der Waals surface area (Å²) in [5.41, 5.74) is 1.91. The summed E-state index contributed by atoms with van der Waals surface area (Å²) < 4.78 is 5.32. The highest BCUT2D eigenvalue weighted by molar-refractivity contribution is 6.34. The van der Waals surface area contributed by atoms with Crippen LogP contribution in [0.2, 0.25) is 5.02 Å². The van der Waals surface area contributed by atoms with E-state index >= 15 is 0 Å². The Bertz CT molecular complexity index is 1190. The third kappa shape index (κ3) is 3.73. The highest BCUT2D eigenvalue weighted by Crippen LogP contribution is 2.30. The van der Waals surface area contributed by atoms with Gasteiger partial charge in [-0.3, -0.25) is 9.59 Å². The zero-order valence-corrected chi connectivity index (χ0v) is 16.5. The Morgan fingerprint density at radius 1 is 1.28 bits per heavy atom. The molecule has 7 nitrogen and oxygen atoms in total. The topological polar surface area (TPSA) is 92.4 Å². The molecule has 29 heavy (non-hydrogen) atoms. The first-order chi connectivity index (χ1) is 13.9. The Labute approximate surface area is 171 Å². The fraction of sp³-hybridized carbons (Fsp3) is 0.238. The van der Waals surface area contributed by atoms with E-state index in [1.165, 1.54) is 6.07 Å². The number of H-pyrrole nitrogens is 1. The number of fused-ring (bicyclic) bond motifs is 1. The molecule has 4 rings (SSSR count). The summed E-state index contributed by atoms with van der Waals surface area (Å²) in [7, 11) is 0. The van der Waals surface area contributed by atoms with E-state index in [1.54, 1.807) is 29.2 Å². The number of hydrogen-bond acceptors (Lipinski definition) is 5. The van der Waals surface area contributed by atoms with Crippen molar-refractivity contribution in [3.05, 3.63) is 68.7 Å². The second-order valence-electron chi connectivity index (χ2n) is 6.87. The number of carbonyl (C=O) groups excluding carboxylic acids is 2. The number of aromatic amines is 1. The molecule has 1 saturated heterocycles. The van der Waals surface area contributed by atoms with Crippen molar-refractivity contribution >= 4 is 40.1 Å². The van der Waals surface area contributed by atoms with E-state index in [4.69, 9.17) is 16.3 Å². The van der Waals surface area contributed by atoms with Crippen molar-refractivity contribution in [2.45, 2.75) is 26.4 Å². The number of hydrogen-bond donors (Lipinski definition) is 1. The molecular formula is C21H18ClN3O4. The lowest BCUT2D eigenvalue weighted by Gasteiger charge is -2.18. The molecule has 1 N–H and O–H groups in total. The second kappa shape index (κ2) is 7.67. The lowest BCUT2D eigenvalue weighted by atomic mass is 10.1. The lowest BCUT2D eigenvalue weighted by molar-refractivity contribution is -0.117. The number of nitrogens with zero attached hydrogens (tertiary/aromatic N) is 2. The zero-order valence-electron chi connectivity index (χ0n) is 15.7. The van der Waals surface area contributed by atoms with E-state index in [0.29, 0.717) is 34.6 Å². The molecule has 148 valence electrons. The van der Waals surface area contributed by atoms with Crippen LogP contribution in [0.25, 0.3) is 10.9 Å². The molecule has 3 aromatic rings. The second-order valence-corrected chi connectivity index (χ2v) is 7.28. The molecule has 0 unspecified atom stereocenters. The van der Waals surface area contributed by atoms with E-state index in [9.17, 15) is 14.4 Å². The summed E-state index contributed by atoms with van der Waals surface area (Å²) >= 11 is 6.21. The summed E-state index contributed by atoms with van der Waals surface area (Å²) in [5.74, 6) is -0.359. The van der Waals surface area contributed by atoms with Gasteiger partial charge in [0.2, 0.25) is 5.91 Å². The van der Waals surface area contributed by atoms with Crippen molar-refractivity contribution in [2.75, 3.05) is 11.4 Å². The van der Waals surface area contributed by atoms with Gasteiger partial charge < -0.3 is 14.6 Å². The molecule has 0 bridgehead atoms. The number of aromatic nitrogens is 2.